The monoisotopic (exact) mass is 361 g/mol. The van der Waals surface area contributed by atoms with Crippen LogP contribution in [0, 0.1) is 0 Å². The second kappa shape index (κ2) is 9.12. The Bertz CT molecular complexity index is 614. The van der Waals surface area contributed by atoms with Crippen molar-refractivity contribution in [2.75, 3.05) is 50.9 Å². The zero-order valence-corrected chi connectivity index (χ0v) is 15.3. The van der Waals surface area contributed by atoms with E-state index in [-0.39, 0.29) is 18.2 Å². The van der Waals surface area contributed by atoms with Gasteiger partial charge in [0.1, 0.15) is 5.75 Å². The smallest absolute Gasteiger partial charge is 0.251 e. The first-order valence-electron chi connectivity index (χ1n) is 9.32. The van der Waals surface area contributed by atoms with Crippen LogP contribution in [-0.2, 0) is 14.3 Å². The van der Waals surface area contributed by atoms with Crippen LogP contribution in [0.3, 0.4) is 0 Å². The molecular weight excluding hydrogens is 334 g/mol. The maximum absolute atomic E-state index is 12.6. The number of benzene rings is 1. The number of anilines is 1. The van der Waals surface area contributed by atoms with Gasteiger partial charge in [-0.2, -0.15) is 0 Å². The van der Waals surface area contributed by atoms with Crippen LogP contribution >= 0.6 is 0 Å². The summed E-state index contributed by atoms with van der Waals surface area (Å²) in [5.74, 6) is 0.392. The molecule has 1 aromatic carbocycles. The van der Waals surface area contributed by atoms with Gasteiger partial charge in [-0.05, 0) is 50.7 Å². The number of nitrogens with one attached hydrogen (secondary N) is 1. The summed E-state index contributed by atoms with van der Waals surface area (Å²) in [6.07, 6.45) is 1.16. The Kier molecular flexibility index (Phi) is 6.60. The average Bonchev–Trinajstić information content (AvgIpc) is 2.94. The van der Waals surface area contributed by atoms with Crippen LogP contribution in [0.2, 0.25) is 0 Å². The van der Waals surface area contributed by atoms with Crippen molar-refractivity contribution in [3.63, 3.8) is 0 Å². The van der Waals surface area contributed by atoms with E-state index >= 15 is 0 Å². The predicted octanol–water partition coefficient (Wildman–Crippen LogP) is 1.03. The molecular formula is C19H27N3O4. The van der Waals surface area contributed by atoms with Crippen molar-refractivity contribution in [3.8, 4) is 5.75 Å². The van der Waals surface area contributed by atoms with E-state index < -0.39 is 6.04 Å². The highest BCUT2D eigenvalue weighted by molar-refractivity contribution is 6.22. The Hall–Kier alpha value is -1.96. The quantitative estimate of drug-likeness (QED) is 0.551. The molecule has 142 valence electrons. The molecule has 0 spiro atoms. The van der Waals surface area contributed by atoms with Gasteiger partial charge in [-0.15, -0.1) is 0 Å². The molecule has 0 saturated carbocycles. The predicted molar refractivity (Wildman–Crippen MR) is 98.4 cm³/mol. The number of carbonyl (C=O) groups excluding carboxylic acids is 2. The Morgan fingerprint density at radius 2 is 1.92 bits per heavy atom. The number of carbonyl (C=O) groups is 2. The van der Waals surface area contributed by atoms with E-state index in [1.165, 1.54) is 4.90 Å². The molecule has 2 saturated heterocycles. The highest BCUT2D eigenvalue weighted by atomic mass is 16.5. The Labute approximate surface area is 154 Å². The minimum absolute atomic E-state index is 0.162. The first kappa shape index (κ1) is 18.8. The average molecular weight is 361 g/mol. The number of nitrogens with zero attached hydrogens (tertiary/aromatic N) is 2. The van der Waals surface area contributed by atoms with Crippen molar-refractivity contribution in [3.05, 3.63) is 24.3 Å². The molecule has 2 aliphatic heterocycles. The Morgan fingerprint density at radius 1 is 1.19 bits per heavy atom. The Morgan fingerprint density at radius 3 is 2.62 bits per heavy atom. The normalized spacial score (nSPS) is 21.4. The van der Waals surface area contributed by atoms with Crippen molar-refractivity contribution in [1.82, 2.24) is 10.2 Å². The molecule has 7 heteroatoms. The molecule has 2 heterocycles. The fourth-order valence-electron chi connectivity index (χ4n) is 3.32. The number of imide groups is 1. The third kappa shape index (κ3) is 4.60. The van der Waals surface area contributed by atoms with E-state index in [1.807, 2.05) is 6.92 Å². The van der Waals surface area contributed by atoms with Gasteiger partial charge < -0.3 is 14.8 Å². The van der Waals surface area contributed by atoms with Gasteiger partial charge in [0.25, 0.3) is 5.91 Å². The lowest BCUT2D eigenvalue weighted by Crippen LogP contribution is -2.41. The van der Waals surface area contributed by atoms with E-state index in [4.69, 9.17) is 9.47 Å². The standard InChI is InChI=1S/C19H27N3O4/c1-2-26-16-6-4-15(5-7-16)22-18(23)14-17(19(22)24)20-8-3-9-21-10-12-25-13-11-21/h4-7,17,20H,2-3,8-14H2,1H3. The molecule has 7 nitrogen and oxygen atoms in total. The largest absolute Gasteiger partial charge is 0.494 e. The SMILES string of the molecule is CCOc1ccc(N2C(=O)CC(NCCCN3CCOCC3)C2=O)cc1. The number of hydrogen-bond acceptors (Lipinski definition) is 6. The van der Waals surface area contributed by atoms with E-state index in [1.54, 1.807) is 24.3 Å². The van der Waals surface area contributed by atoms with Gasteiger partial charge in [-0.1, -0.05) is 0 Å². The number of hydrogen-bond donors (Lipinski definition) is 1. The van der Waals surface area contributed by atoms with Gasteiger partial charge in [0.2, 0.25) is 5.91 Å². The fourth-order valence-corrected chi connectivity index (χ4v) is 3.32. The first-order valence-corrected chi connectivity index (χ1v) is 9.32. The zero-order chi connectivity index (χ0) is 18.4. The summed E-state index contributed by atoms with van der Waals surface area (Å²) in [6.45, 7) is 7.71. The Balaban J connectivity index is 1.48. The minimum Gasteiger partial charge on any atom is -0.494 e. The van der Waals surface area contributed by atoms with Gasteiger partial charge in [-0.3, -0.25) is 14.5 Å². The molecule has 0 radical (unpaired) electrons. The molecule has 0 bridgehead atoms. The maximum atomic E-state index is 12.6. The summed E-state index contributed by atoms with van der Waals surface area (Å²) >= 11 is 0. The summed E-state index contributed by atoms with van der Waals surface area (Å²) in [7, 11) is 0. The fraction of sp³-hybridized carbons (Fsp3) is 0.579. The summed E-state index contributed by atoms with van der Waals surface area (Å²) < 4.78 is 10.7. The minimum atomic E-state index is -0.432. The molecule has 0 aromatic heterocycles. The molecule has 2 fully saturated rings. The second-order valence-electron chi connectivity index (χ2n) is 6.51. The first-order chi connectivity index (χ1) is 12.7. The zero-order valence-electron chi connectivity index (χ0n) is 15.3. The lowest BCUT2D eigenvalue weighted by Gasteiger charge is -2.26. The number of rotatable bonds is 8. The van der Waals surface area contributed by atoms with Crippen molar-refractivity contribution in [1.29, 1.82) is 0 Å². The van der Waals surface area contributed by atoms with Crippen LogP contribution in [0.15, 0.2) is 24.3 Å². The highest BCUT2D eigenvalue weighted by Gasteiger charge is 2.39. The third-order valence-electron chi connectivity index (χ3n) is 4.70. The van der Waals surface area contributed by atoms with E-state index in [0.717, 1.165) is 51.6 Å². The van der Waals surface area contributed by atoms with Crippen molar-refractivity contribution in [2.45, 2.75) is 25.8 Å². The van der Waals surface area contributed by atoms with Crippen LogP contribution in [0.5, 0.6) is 5.75 Å². The second-order valence-corrected chi connectivity index (χ2v) is 6.51. The molecule has 3 rings (SSSR count). The van der Waals surface area contributed by atoms with Crippen molar-refractivity contribution in [2.24, 2.45) is 0 Å². The molecule has 1 aromatic rings. The molecule has 1 unspecified atom stereocenters. The number of ether oxygens (including phenoxy) is 2. The van der Waals surface area contributed by atoms with Gasteiger partial charge in [0.05, 0.1) is 38.0 Å². The van der Waals surface area contributed by atoms with Crippen molar-refractivity contribution < 1.29 is 19.1 Å². The van der Waals surface area contributed by atoms with Crippen LogP contribution in [0.4, 0.5) is 5.69 Å². The maximum Gasteiger partial charge on any atom is 0.251 e. The van der Waals surface area contributed by atoms with Crippen LogP contribution < -0.4 is 15.0 Å². The van der Waals surface area contributed by atoms with E-state index in [0.29, 0.717) is 12.3 Å². The molecule has 26 heavy (non-hydrogen) atoms. The highest BCUT2D eigenvalue weighted by Crippen LogP contribution is 2.25. The molecule has 2 aliphatic rings. The van der Waals surface area contributed by atoms with Gasteiger partial charge in [-0.25, -0.2) is 4.90 Å². The summed E-state index contributed by atoms with van der Waals surface area (Å²) in [5, 5.41) is 3.24. The lowest BCUT2D eigenvalue weighted by atomic mass is 10.2. The summed E-state index contributed by atoms with van der Waals surface area (Å²) in [6, 6.07) is 6.63. The van der Waals surface area contributed by atoms with Crippen LogP contribution in [0.25, 0.3) is 0 Å². The summed E-state index contributed by atoms with van der Waals surface area (Å²) in [4.78, 5) is 28.5. The topological polar surface area (TPSA) is 71.1 Å². The van der Waals surface area contributed by atoms with Crippen LogP contribution in [-0.4, -0.2) is 68.8 Å². The van der Waals surface area contributed by atoms with E-state index in [2.05, 4.69) is 10.2 Å². The van der Waals surface area contributed by atoms with Crippen LogP contribution in [0.1, 0.15) is 19.8 Å². The molecule has 2 amide bonds. The summed E-state index contributed by atoms with van der Waals surface area (Å²) in [5.41, 5.74) is 0.598. The van der Waals surface area contributed by atoms with Gasteiger partial charge in [0, 0.05) is 13.1 Å². The third-order valence-corrected chi connectivity index (χ3v) is 4.70. The molecule has 1 N–H and O–H groups in total. The lowest BCUT2D eigenvalue weighted by molar-refractivity contribution is -0.121. The van der Waals surface area contributed by atoms with E-state index in [9.17, 15) is 9.59 Å². The number of morpholine rings is 1. The molecule has 0 aliphatic carbocycles. The van der Waals surface area contributed by atoms with Gasteiger partial charge in [0.15, 0.2) is 0 Å². The van der Waals surface area contributed by atoms with Crippen molar-refractivity contribution >= 4 is 17.5 Å². The van der Waals surface area contributed by atoms with Gasteiger partial charge >= 0.3 is 0 Å². The number of amides is 2. The molecule has 1 atom stereocenters.